The van der Waals surface area contributed by atoms with Crippen molar-refractivity contribution in [3.63, 3.8) is 0 Å². The van der Waals surface area contributed by atoms with Crippen molar-refractivity contribution in [2.45, 2.75) is 37.1 Å². The third-order valence-corrected chi connectivity index (χ3v) is 6.28. The summed E-state index contributed by atoms with van der Waals surface area (Å²) >= 11 is 6.62. The smallest absolute Gasteiger partial charge is 0.258 e. The molecular formula is C21H21FN6O2S2. The highest BCUT2D eigenvalue weighted by atomic mass is 32.2. The molecule has 0 radical (unpaired) electrons. The molecule has 0 unspecified atom stereocenters. The normalized spacial score (nSPS) is 15.1. The zero-order chi connectivity index (χ0) is 23.5. The standard InChI is InChI=1S/C21H21FN6O2S2/c1-21(2)18(30)28(14-8-7-13(12-23)17(32-3)16(14)22)20(31)27(21)11-4-6-15(29)26-19-24-9-5-10-25-19/h5,7-10H,4,6,11H2,1-3H3,(H,24,25,26,29). The van der Waals surface area contributed by atoms with Crippen molar-refractivity contribution in [2.24, 2.45) is 0 Å². The summed E-state index contributed by atoms with van der Waals surface area (Å²) < 4.78 is 15.2. The number of thioether (sulfide) groups is 1. The minimum Gasteiger partial charge on any atom is -0.334 e. The second-order valence-electron chi connectivity index (χ2n) is 7.45. The highest BCUT2D eigenvalue weighted by Gasteiger charge is 2.50. The molecule has 1 aromatic heterocycles. The van der Waals surface area contributed by atoms with Gasteiger partial charge in [0, 0.05) is 25.4 Å². The van der Waals surface area contributed by atoms with E-state index in [0.717, 1.165) is 11.8 Å². The molecule has 2 heterocycles. The summed E-state index contributed by atoms with van der Waals surface area (Å²) in [5, 5.41) is 12.0. The van der Waals surface area contributed by atoms with Gasteiger partial charge in [-0.3, -0.25) is 19.8 Å². The number of rotatable bonds is 7. The van der Waals surface area contributed by atoms with Crippen LogP contribution in [0, 0.1) is 17.1 Å². The lowest BCUT2D eigenvalue weighted by Gasteiger charge is -2.29. The molecule has 0 bridgehead atoms. The third-order valence-electron chi connectivity index (χ3n) is 5.07. The molecule has 3 rings (SSSR count). The number of aromatic nitrogens is 2. The van der Waals surface area contributed by atoms with E-state index in [9.17, 15) is 14.9 Å². The summed E-state index contributed by atoms with van der Waals surface area (Å²) in [6.07, 6.45) is 5.30. The van der Waals surface area contributed by atoms with Crippen LogP contribution in [0.3, 0.4) is 0 Å². The Hall–Kier alpha value is -3.10. The number of anilines is 2. The zero-order valence-electron chi connectivity index (χ0n) is 17.8. The van der Waals surface area contributed by atoms with Crippen LogP contribution in [0.15, 0.2) is 35.5 Å². The molecule has 166 valence electrons. The number of nitriles is 1. The van der Waals surface area contributed by atoms with Crippen molar-refractivity contribution < 1.29 is 14.0 Å². The minimum atomic E-state index is -1.02. The van der Waals surface area contributed by atoms with Gasteiger partial charge in [0.25, 0.3) is 5.91 Å². The SMILES string of the molecule is CSc1c(C#N)ccc(N2C(=O)C(C)(C)N(CCCC(=O)Nc3ncccn3)C2=S)c1F. The van der Waals surface area contributed by atoms with Gasteiger partial charge in [-0.1, -0.05) is 0 Å². The van der Waals surface area contributed by atoms with Gasteiger partial charge < -0.3 is 4.90 Å². The van der Waals surface area contributed by atoms with E-state index in [1.807, 2.05) is 6.07 Å². The van der Waals surface area contributed by atoms with Crippen LogP contribution in [-0.2, 0) is 9.59 Å². The van der Waals surface area contributed by atoms with E-state index in [0.29, 0.717) is 13.0 Å². The fourth-order valence-electron chi connectivity index (χ4n) is 3.38. The Bertz CT molecular complexity index is 1100. The first-order valence-electron chi connectivity index (χ1n) is 9.72. The van der Waals surface area contributed by atoms with Crippen LogP contribution in [0.1, 0.15) is 32.3 Å². The molecule has 2 aromatic rings. The molecule has 0 aliphatic carbocycles. The van der Waals surface area contributed by atoms with Crippen molar-refractivity contribution in [3.05, 3.63) is 42.0 Å². The van der Waals surface area contributed by atoms with Gasteiger partial charge in [0.1, 0.15) is 11.6 Å². The molecule has 0 atom stereocenters. The highest BCUT2D eigenvalue weighted by molar-refractivity contribution is 7.98. The van der Waals surface area contributed by atoms with Crippen LogP contribution >= 0.6 is 24.0 Å². The second kappa shape index (κ2) is 9.58. The van der Waals surface area contributed by atoms with E-state index in [1.165, 1.54) is 29.4 Å². The number of nitrogens with zero attached hydrogens (tertiary/aromatic N) is 5. The lowest BCUT2D eigenvalue weighted by Crippen LogP contribution is -2.44. The fourth-order valence-corrected chi connectivity index (χ4v) is 4.50. The topological polar surface area (TPSA) is 102 Å². The molecule has 1 saturated heterocycles. The summed E-state index contributed by atoms with van der Waals surface area (Å²) in [7, 11) is 0. The molecule has 1 aliphatic heterocycles. The number of carbonyl (C=O) groups is 2. The van der Waals surface area contributed by atoms with Crippen molar-refractivity contribution in [3.8, 4) is 6.07 Å². The van der Waals surface area contributed by atoms with Crippen LogP contribution in [0.5, 0.6) is 0 Å². The summed E-state index contributed by atoms with van der Waals surface area (Å²) in [6, 6.07) is 6.47. The summed E-state index contributed by atoms with van der Waals surface area (Å²) in [6.45, 7) is 3.73. The Balaban J connectivity index is 1.74. The maximum Gasteiger partial charge on any atom is 0.258 e. The van der Waals surface area contributed by atoms with Crippen molar-refractivity contribution in [1.29, 1.82) is 5.26 Å². The van der Waals surface area contributed by atoms with Crippen molar-refractivity contribution >= 4 is 52.5 Å². The third kappa shape index (κ3) is 4.42. The first-order chi connectivity index (χ1) is 15.2. The summed E-state index contributed by atoms with van der Waals surface area (Å²) in [5.41, 5.74) is -0.811. The van der Waals surface area contributed by atoms with Gasteiger partial charge in [-0.25, -0.2) is 14.4 Å². The van der Waals surface area contributed by atoms with Gasteiger partial charge in [0.15, 0.2) is 10.9 Å². The number of halogens is 1. The van der Waals surface area contributed by atoms with E-state index in [1.54, 1.807) is 31.1 Å². The van der Waals surface area contributed by atoms with Crippen LogP contribution in [0.2, 0.25) is 0 Å². The van der Waals surface area contributed by atoms with E-state index in [2.05, 4.69) is 15.3 Å². The maximum absolute atomic E-state index is 15.2. The molecule has 1 aromatic carbocycles. The number of thiocarbonyl (C=S) groups is 1. The van der Waals surface area contributed by atoms with E-state index in [-0.39, 0.29) is 45.4 Å². The Kier molecular flexibility index (Phi) is 7.06. The van der Waals surface area contributed by atoms with Crippen molar-refractivity contribution in [1.82, 2.24) is 14.9 Å². The molecule has 1 fully saturated rings. The lowest BCUT2D eigenvalue weighted by molar-refractivity contribution is -0.123. The molecule has 1 N–H and O–H groups in total. The van der Waals surface area contributed by atoms with Crippen LogP contribution in [0.4, 0.5) is 16.0 Å². The van der Waals surface area contributed by atoms with Crippen LogP contribution in [-0.4, -0.2) is 50.1 Å². The molecule has 8 nitrogen and oxygen atoms in total. The summed E-state index contributed by atoms with van der Waals surface area (Å²) in [4.78, 5) is 36.2. The van der Waals surface area contributed by atoms with E-state index < -0.39 is 11.4 Å². The van der Waals surface area contributed by atoms with Gasteiger partial charge in [0.2, 0.25) is 11.9 Å². The molecular weight excluding hydrogens is 451 g/mol. The first-order valence-corrected chi connectivity index (χ1v) is 11.3. The quantitative estimate of drug-likeness (QED) is 0.484. The monoisotopic (exact) mass is 472 g/mol. The highest BCUT2D eigenvalue weighted by Crippen LogP contribution is 2.37. The maximum atomic E-state index is 15.2. The number of amides is 2. The average Bonchev–Trinajstić information content (AvgIpc) is 2.93. The Morgan fingerprint density at radius 3 is 2.66 bits per heavy atom. The molecule has 0 spiro atoms. The number of nitrogens with one attached hydrogen (secondary N) is 1. The Morgan fingerprint density at radius 1 is 1.34 bits per heavy atom. The molecule has 32 heavy (non-hydrogen) atoms. The Morgan fingerprint density at radius 2 is 2.03 bits per heavy atom. The van der Waals surface area contributed by atoms with Gasteiger partial charge in [-0.2, -0.15) is 5.26 Å². The van der Waals surface area contributed by atoms with Gasteiger partial charge in [-0.05, 0) is 56.9 Å². The van der Waals surface area contributed by atoms with E-state index in [4.69, 9.17) is 12.2 Å². The number of carbonyl (C=O) groups excluding carboxylic acids is 2. The summed E-state index contributed by atoms with van der Waals surface area (Å²) in [5.74, 6) is -1.07. The average molecular weight is 473 g/mol. The minimum absolute atomic E-state index is 0.0119. The predicted molar refractivity (Wildman–Crippen MR) is 124 cm³/mol. The van der Waals surface area contributed by atoms with Crippen LogP contribution in [0.25, 0.3) is 0 Å². The molecule has 1 aliphatic rings. The predicted octanol–water partition coefficient (Wildman–Crippen LogP) is 3.34. The van der Waals surface area contributed by atoms with Crippen LogP contribution < -0.4 is 10.2 Å². The fraction of sp³-hybridized carbons (Fsp3) is 0.333. The molecule has 0 saturated carbocycles. The largest absolute Gasteiger partial charge is 0.334 e. The number of benzene rings is 1. The number of hydrogen-bond donors (Lipinski definition) is 1. The molecule has 11 heteroatoms. The van der Waals surface area contributed by atoms with Gasteiger partial charge >= 0.3 is 0 Å². The van der Waals surface area contributed by atoms with Gasteiger partial charge in [0.05, 0.1) is 16.1 Å². The first kappa shape index (κ1) is 23.6. The Labute approximate surface area is 194 Å². The second-order valence-corrected chi connectivity index (χ2v) is 8.63. The molecule has 2 amide bonds. The number of hydrogen-bond acceptors (Lipinski definition) is 7. The van der Waals surface area contributed by atoms with Crippen molar-refractivity contribution in [2.75, 3.05) is 23.0 Å². The zero-order valence-corrected chi connectivity index (χ0v) is 19.4. The van der Waals surface area contributed by atoms with Gasteiger partial charge in [-0.15, -0.1) is 11.8 Å². The van der Waals surface area contributed by atoms with E-state index >= 15 is 4.39 Å². The lowest BCUT2D eigenvalue weighted by atomic mass is 10.0.